The molecular weight excluding hydrogens is 224 g/mol. The Balaban J connectivity index is 0. The molecule has 0 aromatic carbocycles. The quantitative estimate of drug-likeness (QED) is 0.261. The SMILES string of the molecule is CC(O)C(=O)O.OC[C@@H](O)C(O)[C@@H](O)CO. The molecule has 2 unspecified atom stereocenters. The summed E-state index contributed by atoms with van der Waals surface area (Å²) in [5.41, 5.74) is 0. The Morgan fingerprint density at radius 1 is 1.00 bits per heavy atom. The van der Waals surface area contributed by atoms with Crippen molar-refractivity contribution in [1.29, 1.82) is 0 Å². The summed E-state index contributed by atoms with van der Waals surface area (Å²) in [6.45, 7) is -0.0845. The van der Waals surface area contributed by atoms with Gasteiger partial charge < -0.3 is 35.7 Å². The number of carbonyl (C=O) groups is 1. The van der Waals surface area contributed by atoms with Crippen LogP contribution in [0.4, 0.5) is 0 Å². The van der Waals surface area contributed by atoms with E-state index in [4.69, 9.17) is 35.7 Å². The predicted molar refractivity (Wildman–Crippen MR) is 51.5 cm³/mol. The second-order valence-corrected chi connectivity index (χ2v) is 3.00. The topological polar surface area (TPSA) is 159 Å². The van der Waals surface area contributed by atoms with Gasteiger partial charge in [0.15, 0.2) is 0 Å². The molecule has 98 valence electrons. The molecule has 16 heavy (non-hydrogen) atoms. The zero-order chi connectivity index (χ0) is 13.3. The fourth-order valence-corrected chi connectivity index (χ4v) is 0.472. The molecule has 0 bridgehead atoms. The third kappa shape index (κ3) is 8.53. The van der Waals surface area contributed by atoms with E-state index in [1.807, 2.05) is 0 Å². The van der Waals surface area contributed by atoms with Crippen molar-refractivity contribution in [1.82, 2.24) is 0 Å². The fourth-order valence-electron chi connectivity index (χ4n) is 0.472. The summed E-state index contributed by atoms with van der Waals surface area (Å²) in [6, 6.07) is 0. The van der Waals surface area contributed by atoms with Gasteiger partial charge in [-0.05, 0) is 6.92 Å². The van der Waals surface area contributed by atoms with Crippen molar-refractivity contribution in [2.45, 2.75) is 31.3 Å². The second kappa shape index (κ2) is 9.46. The molecule has 0 aliphatic rings. The molecule has 7 N–H and O–H groups in total. The first-order valence-corrected chi connectivity index (χ1v) is 4.44. The van der Waals surface area contributed by atoms with Gasteiger partial charge in [0.2, 0.25) is 0 Å². The van der Waals surface area contributed by atoms with Crippen molar-refractivity contribution in [3.8, 4) is 0 Å². The van der Waals surface area contributed by atoms with Crippen molar-refractivity contribution in [3.63, 3.8) is 0 Å². The van der Waals surface area contributed by atoms with Crippen LogP contribution in [0, 0.1) is 0 Å². The minimum atomic E-state index is -1.49. The number of carboxylic acids is 1. The highest BCUT2D eigenvalue weighted by Crippen LogP contribution is 1.97. The van der Waals surface area contributed by atoms with Crippen LogP contribution in [0.25, 0.3) is 0 Å². The van der Waals surface area contributed by atoms with Crippen LogP contribution in [0.15, 0.2) is 0 Å². The van der Waals surface area contributed by atoms with E-state index in [0.29, 0.717) is 0 Å². The molecule has 0 amide bonds. The van der Waals surface area contributed by atoms with E-state index in [-0.39, 0.29) is 0 Å². The Kier molecular flexibility index (Phi) is 10.4. The molecular formula is C8H18O8. The van der Waals surface area contributed by atoms with Gasteiger partial charge in [0.05, 0.1) is 13.2 Å². The van der Waals surface area contributed by atoms with Crippen LogP contribution >= 0.6 is 0 Å². The van der Waals surface area contributed by atoms with Gasteiger partial charge in [-0.2, -0.15) is 0 Å². The fraction of sp³-hybridized carbons (Fsp3) is 0.875. The number of hydrogen-bond donors (Lipinski definition) is 7. The lowest BCUT2D eigenvalue weighted by Gasteiger charge is -2.19. The van der Waals surface area contributed by atoms with Gasteiger partial charge in [-0.25, -0.2) is 4.79 Å². The average Bonchev–Trinajstić information content (AvgIpc) is 2.26. The smallest absolute Gasteiger partial charge is 0.332 e. The van der Waals surface area contributed by atoms with E-state index in [0.717, 1.165) is 0 Å². The van der Waals surface area contributed by atoms with Crippen LogP contribution in [0.5, 0.6) is 0 Å². The standard InChI is InChI=1S/C5H12O5.C3H6O3/c6-1-3(8)5(10)4(9)2-7;1-2(4)3(5)6/h3-10H,1-2H2;2,4H,1H3,(H,5,6)/t3-,4+,5?;. The molecule has 8 nitrogen and oxygen atoms in total. The van der Waals surface area contributed by atoms with Gasteiger partial charge in [0.25, 0.3) is 0 Å². The van der Waals surface area contributed by atoms with Crippen LogP contribution in [-0.2, 0) is 4.79 Å². The summed E-state index contributed by atoms with van der Waals surface area (Å²) in [5, 5.41) is 58.3. The molecule has 0 aliphatic carbocycles. The zero-order valence-corrected chi connectivity index (χ0v) is 8.76. The Hall–Kier alpha value is -0.770. The van der Waals surface area contributed by atoms with Gasteiger partial charge in [-0.1, -0.05) is 0 Å². The summed E-state index contributed by atoms with van der Waals surface area (Å²) < 4.78 is 0. The number of aliphatic carboxylic acids is 1. The van der Waals surface area contributed by atoms with E-state index >= 15 is 0 Å². The first-order chi connectivity index (χ1) is 7.27. The molecule has 0 aliphatic heterocycles. The average molecular weight is 242 g/mol. The lowest BCUT2D eigenvalue weighted by Crippen LogP contribution is -2.41. The summed E-state index contributed by atoms with van der Waals surface area (Å²) in [4.78, 5) is 9.45. The number of rotatable bonds is 5. The summed E-state index contributed by atoms with van der Waals surface area (Å²) in [5.74, 6) is -1.19. The minimum absolute atomic E-state index is 0.641. The van der Waals surface area contributed by atoms with E-state index in [2.05, 4.69) is 0 Å². The van der Waals surface area contributed by atoms with Crippen LogP contribution in [-0.4, -0.2) is 79.3 Å². The largest absolute Gasteiger partial charge is 0.479 e. The monoisotopic (exact) mass is 242 g/mol. The lowest BCUT2D eigenvalue weighted by molar-refractivity contribution is -0.145. The Labute approximate surface area is 92.0 Å². The Morgan fingerprint density at radius 3 is 1.38 bits per heavy atom. The molecule has 4 atom stereocenters. The Bertz CT molecular complexity index is 173. The summed E-state index contributed by atoms with van der Waals surface area (Å²) in [6.07, 6.45) is -5.52. The molecule has 0 heterocycles. The molecule has 0 fully saturated rings. The van der Waals surface area contributed by atoms with Crippen molar-refractivity contribution >= 4 is 5.97 Å². The number of aliphatic hydroxyl groups excluding tert-OH is 6. The van der Waals surface area contributed by atoms with Crippen LogP contribution in [0.2, 0.25) is 0 Å². The first kappa shape index (κ1) is 17.6. The van der Waals surface area contributed by atoms with E-state index < -0.39 is 43.6 Å². The van der Waals surface area contributed by atoms with Gasteiger partial charge in [-0.3, -0.25) is 0 Å². The van der Waals surface area contributed by atoms with Gasteiger partial charge in [-0.15, -0.1) is 0 Å². The first-order valence-electron chi connectivity index (χ1n) is 4.44. The molecule has 0 saturated heterocycles. The number of hydrogen-bond acceptors (Lipinski definition) is 7. The number of aliphatic hydroxyl groups is 6. The molecule has 0 radical (unpaired) electrons. The second-order valence-electron chi connectivity index (χ2n) is 3.00. The molecule has 8 heteroatoms. The minimum Gasteiger partial charge on any atom is -0.479 e. The lowest BCUT2D eigenvalue weighted by atomic mass is 10.1. The van der Waals surface area contributed by atoms with Crippen LogP contribution in [0.1, 0.15) is 6.92 Å². The van der Waals surface area contributed by atoms with Gasteiger partial charge >= 0.3 is 5.97 Å². The number of carboxylic acid groups (broad SMARTS) is 1. The maximum atomic E-state index is 9.45. The summed E-state index contributed by atoms with van der Waals surface area (Å²) >= 11 is 0. The highest BCUT2D eigenvalue weighted by molar-refractivity contribution is 5.71. The summed E-state index contributed by atoms with van der Waals surface area (Å²) in [7, 11) is 0. The molecule has 0 aromatic heterocycles. The highest BCUT2D eigenvalue weighted by Gasteiger charge is 2.22. The molecule has 0 saturated carbocycles. The molecule has 0 aromatic rings. The van der Waals surface area contributed by atoms with Gasteiger partial charge in [0, 0.05) is 0 Å². The van der Waals surface area contributed by atoms with Crippen LogP contribution in [0.3, 0.4) is 0 Å². The molecule has 0 spiro atoms. The third-order valence-electron chi connectivity index (χ3n) is 1.52. The van der Waals surface area contributed by atoms with Crippen molar-refractivity contribution in [2.75, 3.05) is 13.2 Å². The zero-order valence-electron chi connectivity index (χ0n) is 8.76. The van der Waals surface area contributed by atoms with E-state index in [1.165, 1.54) is 6.92 Å². The maximum Gasteiger partial charge on any atom is 0.332 e. The normalized spacial score (nSPS) is 17.7. The third-order valence-corrected chi connectivity index (χ3v) is 1.52. The van der Waals surface area contributed by atoms with Crippen molar-refractivity contribution in [3.05, 3.63) is 0 Å². The maximum absolute atomic E-state index is 9.45. The van der Waals surface area contributed by atoms with E-state index in [1.54, 1.807) is 0 Å². The van der Waals surface area contributed by atoms with Crippen molar-refractivity contribution in [2.24, 2.45) is 0 Å². The van der Waals surface area contributed by atoms with Gasteiger partial charge in [0.1, 0.15) is 24.4 Å². The predicted octanol–water partition coefficient (Wildman–Crippen LogP) is -3.49. The molecule has 0 rings (SSSR count). The Morgan fingerprint density at radius 2 is 1.25 bits per heavy atom. The highest BCUT2D eigenvalue weighted by atomic mass is 16.4. The van der Waals surface area contributed by atoms with E-state index in [9.17, 15) is 4.79 Å². The van der Waals surface area contributed by atoms with Crippen molar-refractivity contribution < 1.29 is 40.5 Å². The van der Waals surface area contributed by atoms with Crippen LogP contribution < -0.4 is 0 Å².